The Kier molecular flexibility index (Phi) is 8.54. The summed E-state index contributed by atoms with van der Waals surface area (Å²) in [5.41, 5.74) is 3.40. The Morgan fingerprint density at radius 2 is 1.79 bits per heavy atom. The monoisotopic (exact) mass is 450 g/mol. The first-order chi connectivity index (χ1) is 15.8. The van der Waals surface area contributed by atoms with Crippen LogP contribution in [-0.4, -0.2) is 35.9 Å². The van der Waals surface area contributed by atoms with E-state index in [0.29, 0.717) is 43.5 Å². The molecule has 1 N–H and O–H groups in total. The molecule has 2 amide bonds. The number of nitrogens with one attached hydrogen (secondary N) is 1. The average Bonchev–Trinajstić information content (AvgIpc) is 2.80. The van der Waals surface area contributed by atoms with E-state index in [9.17, 15) is 9.59 Å². The van der Waals surface area contributed by atoms with E-state index in [1.54, 1.807) is 0 Å². The van der Waals surface area contributed by atoms with Crippen LogP contribution in [0.3, 0.4) is 0 Å². The van der Waals surface area contributed by atoms with Gasteiger partial charge in [0, 0.05) is 19.5 Å². The molecule has 0 radical (unpaired) electrons. The normalized spacial score (nSPS) is 16.5. The van der Waals surface area contributed by atoms with Crippen LogP contribution in [0.1, 0.15) is 70.2 Å². The predicted octanol–water partition coefficient (Wildman–Crippen LogP) is 5.14. The zero-order valence-electron chi connectivity index (χ0n) is 20.6. The molecule has 178 valence electrons. The van der Waals surface area contributed by atoms with Crippen LogP contribution in [-0.2, 0) is 16.0 Å². The van der Waals surface area contributed by atoms with Crippen molar-refractivity contribution in [3.8, 4) is 5.75 Å². The summed E-state index contributed by atoms with van der Waals surface area (Å²) in [6.45, 7) is 11.6. The van der Waals surface area contributed by atoms with Gasteiger partial charge in [-0.25, -0.2) is 0 Å². The lowest BCUT2D eigenvalue weighted by atomic mass is 9.87. The number of ether oxygens (including phenoxy) is 1. The summed E-state index contributed by atoms with van der Waals surface area (Å²) in [4.78, 5) is 27.8. The second-order valence-corrected chi connectivity index (χ2v) is 9.76. The van der Waals surface area contributed by atoms with Crippen molar-refractivity contribution in [3.05, 3.63) is 65.2 Å². The highest BCUT2D eigenvalue weighted by atomic mass is 16.5. The van der Waals surface area contributed by atoms with Gasteiger partial charge in [-0.05, 0) is 53.5 Å². The minimum absolute atomic E-state index is 0.0859. The standard InChI is InChI=1S/C28H38N2O3/c1-6-25(28(32)29-18-20(4)5)33-23-13-12-21-14-15-30(26(31)16-19(2)3)27(24(21)17-23)22-10-8-7-9-11-22/h7-13,17,19-20,25,27H,6,14-16,18H2,1-5H3,(H,29,32)/t25-,27+/m0/s1. The molecule has 2 aromatic rings. The maximum atomic E-state index is 13.2. The SMILES string of the molecule is CC[C@H](Oc1ccc2c(c1)[C@@H](c1ccccc1)N(C(=O)CC(C)C)CC2)C(=O)NCC(C)C. The summed E-state index contributed by atoms with van der Waals surface area (Å²) >= 11 is 0. The van der Waals surface area contributed by atoms with Crippen LogP contribution in [0.25, 0.3) is 0 Å². The molecule has 5 nitrogen and oxygen atoms in total. The van der Waals surface area contributed by atoms with E-state index < -0.39 is 6.10 Å². The molecule has 1 heterocycles. The van der Waals surface area contributed by atoms with E-state index >= 15 is 0 Å². The molecular formula is C28H38N2O3. The van der Waals surface area contributed by atoms with Crippen molar-refractivity contribution < 1.29 is 14.3 Å². The third-order valence-electron chi connectivity index (χ3n) is 5.99. The second-order valence-electron chi connectivity index (χ2n) is 9.76. The number of nitrogens with zero attached hydrogens (tertiary/aromatic N) is 1. The van der Waals surface area contributed by atoms with Gasteiger partial charge in [-0.2, -0.15) is 0 Å². The highest BCUT2D eigenvalue weighted by Crippen LogP contribution is 2.38. The van der Waals surface area contributed by atoms with Gasteiger partial charge in [0.15, 0.2) is 6.10 Å². The van der Waals surface area contributed by atoms with Gasteiger partial charge in [0.2, 0.25) is 5.91 Å². The van der Waals surface area contributed by atoms with E-state index in [-0.39, 0.29) is 17.9 Å². The maximum Gasteiger partial charge on any atom is 0.261 e. The second kappa shape index (κ2) is 11.4. The number of carbonyl (C=O) groups excluding carboxylic acids is 2. The van der Waals surface area contributed by atoms with Gasteiger partial charge >= 0.3 is 0 Å². The van der Waals surface area contributed by atoms with E-state index in [1.807, 2.05) is 42.2 Å². The third kappa shape index (κ3) is 6.37. The topological polar surface area (TPSA) is 58.6 Å². The quantitative estimate of drug-likeness (QED) is 0.576. The molecule has 2 aromatic carbocycles. The molecule has 33 heavy (non-hydrogen) atoms. The maximum absolute atomic E-state index is 13.2. The van der Waals surface area contributed by atoms with Gasteiger partial charge in [0.05, 0.1) is 6.04 Å². The first-order valence-corrected chi connectivity index (χ1v) is 12.2. The van der Waals surface area contributed by atoms with Crippen molar-refractivity contribution >= 4 is 11.8 Å². The fraction of sp³-hybridized carbons (Fsp3) is 0.500. The van der Waals surface area contributed by atoms with Crippen molar-refractivity contribution in [2.75, 3.05) is 13.1 Å². The Labute approximate surface area is 198 Å². The fourth-order valence-electron chi connectivity index (χ4n) is 4.30. The van der Waals surface area contributed by atoms with Gasteiger partial charge < -0.3 is 15.0 Å². The summed E-state index contributed by atoms with van der Waals surface area (Å²) in [6, 6.07) is 16.1. The van der Waals surface area contributed by atoms with Crippen molar-refractivity contribution in [3.63, 3.8) is 0 Å². The predicted molar refractivity (Wildman–Crippen MR) is 132 cm³/mol. The van der Waals surface area contributed by atoms with Crippen LogP contribution in [0.2, 0.25) is 0 Å². The lowest BCUT2D eigenvalue weighted by Gasteiger charge is -2.38. The molecule has 0 saturated heterocycles. The van der Waals surface area contributed by atoms with E-state index in [0.717, 1.165) is 17.5 Å². The molecule has 0 aliphatic carbocycles. The molecule has 0 unspecified atom stereocenters. The number of hydrogen-bond donors (Lipinski definition) is 1. The van der Waals surface area contributed by atoms with E-state index in [4.69, 9.17) is 4.74 Å². The number of hydrogen-bond acceptors (Lipinski definition) is 3. The van der Waals surface area contributed by atoms with Crippen LogP contribution >= 0.6 is 0 Å². The molecule has 0 spiro atoms. The van der Waals surface area contributed by atoms with Gasteiger partial charge in [-0.1, -0.05) is 71.0 Å². The van der Waals surface area contributed by atoms with Gasteiger partial charge in [-0.15, -0.1) is 0 Å². The van der Waals surface area contributed by atoms with Crippen LogP contribution < -0.4 is 10.1 Å². The zero-order valence-corrected chi connectivity index (χ0v) is 20.6. The molecule has 0 fully saturated rings. The molecule has 0 aromatic heterocycles. The summed E-state index contributed by atoms with van der Waals surface area (Å²) < 4.78 is 6.15. The summed E-state index contributed by atoms with van der Waals surface area (Å²) in [5.74, 6) is 1.45. The van der Waals surface area contributed by atoms with Crippen LogP contribution in [0.5, 0.6) is 5.75 Å². The van der Waals surface area contributed by atoms with E-state index in [2.05, 4.69) is 51.2 Å². The minimum atomic E-state index is -0.542. The van der Waals surface area contributed by atoms with Crippen molar-refractivity contribution in [1.82, 2.24) is 10.2 Å². The molecule has 2 atom stereocenters. The Hall–Kier alpha value is -2.82. The smallest absolute Gasteiger partial charge is 0.261 e. The highest BCUT2D eigenvalue weighted by molar-refractivity contribution is 5.81. The van der Waals surface area contributed by atoms with Crippen molar-refractivity contribution in [2.45, 2.75) is 66.0 Å². The number of carbonyl (C=O) groups is 2. The van der Waals surface area contributed by atoms with Gasteiger partial charge in [0.25, 0.3) is 5.91 Å². The molecular weight excluding hydrogens is 412 g/mol. The minimum Gasteiger partial charge on any atom is -0.481 e. The molecule has 5 heteroatoms. The summed E-state index contributed by atoms with van der Waals surface area (Å²) in [5, 5.41) is 2.97. The van der Waals surface area contributed by atoms with Crippen LogP contribution in [0, 0.1) is 11.8 Å². The number of fused-ring (bicyclic) bond motifs is 1. The van der Waals surface area contributed by atoms with Crippen molar-refractivity contribution in [1.29, 1.82) is 0 Å². The molecule has 3 rings (SSSR count). The lowest BCUT2D eigenvalue weighted by Crippen LogP contribution is -2.41. The van der Waals surface area contributed by atoms with Crippen molar-refractivity contribution in [2.24, 2.45) is 11.8 Å². The van der Waals surface area contributed by atoms with Crippen LogP contribution in [0.15, 0.2) is 48.5 Å². The highest BCUT2D eigenvalue weighted by Gasteiger charge is 2.32. The summed E-state index contributed by atoms with van der Waals surface area (Å²) in [6.07, 6.45) is 1.39. The fourth-order valence-corrected chi connectivity index (χ4v) is 4.30. The van der Waals surface area contributed by atoms with Crippen LogP contribution in [0.4, 0.5) is 0 Å². The Morgan fingerprint density at radius 1 is 1.06 bits per heavy atom. The summed E-state index contributed by atoms with van der Waals surface area (Å²) in [7, 11) is 0. The zero-order chi connectivity index (χ0) is 24.0. The Bertz CT molecular complexity index is 939. The molecule has 0 saturated carbocycles. The first kappa shape index (κ1) is 24.8. The molecule has 0 bridgehead atoms. The van der Waals surface area contributed by atoms with E-state index in [1.165, 1.54) is 5.56 Å². The Morgan fingerprint density at radius 3 is 2.42 bits per heavy atom. The number of benzene rings is 2. The molecule has 1 aliphatic heterocycles. The van der Waals surface area contributed by atoms with Gasteiger partial charge in [0.1, 0.15) is 5.75 Å². The largest absolute Gasteiger partial charge is 0.481 e. The molecule has 1 aliphatic rings. The first-order valence-electron chi connectivity index (χ1n) is 12.2. The third-order valence-corrected chi connectivity index (χ3v) is 5.99. The lowest BCUT2D eigenvalue weighted by molar-refractivity contribution is -0.134. The average molecular weight is 451 g/mol. The number of rotatable bonds is 9. The Balaban J connectivity index is 1.91. The number of amides is 2. The van der Waals surface area contributed by atoms with Gasteiger partial charge in [-0.3, -0.25) is 9.59 Å².